The van der Waals surface area contributed by atoms with Gasteiger partial charge in [-0.3, -0.25) is 0 Å². The lowest BCUT2D eigenvalue weighted by Crippen LogP contribution is -2.04. The van der Waals surface area contributed by atoms with E-state index in [4.69, 9.17) is 11.6 Å². The zero-order valence-corrected chi connectivity index (χ0v) is 13.9. The quantitative estimate of drug-likeness (QED) is 0.644. The number of hydrogen-bond donors (Lipinski definition) is 0. The van der Waals surface area contributed by atoms with E-state index in [0.29, 0.717) is 34.2 Å². The van der Waals surface area contributed by atoms with Crippen molar-refractivity contribution in [2.75, 3.05) is 0 Å². The van der Waals surface area contributed by atoms with Crippen molar-refractivity contribution in [2.45, 2.75) is 38.7 Å². The number of fused-ring (bicyclic) bond motifs is 1. The van der Waals surface area contributed by atoms with Gasteiger partial charge in [-0.05, 0) is 43.5 Å². The van der Waals surface area contributed by atoms with E-state index < -0.39 is 6.43 Å². The predicted octanol–water partition coefficient (Wildman–Crippen LogP) is 5.26. The third-order valence-electron chi connectivity index (χ3n) is 4.38. The van der Waals surface area contributed by atoms with Gasteiger partial charge < -0.3 is 0 Å². The summed E-state index contributed by atoms with van der Waals surface area (Å²) < 4.78 is 28.8. The van der Waals surface area contributed by atoms with Crippen molar-refractivity contribution in [2.24, 2.45) is 0 Å². The number of halogens is 3. The number of aryl methyl sites for hydroxylation is 1. The van der Waals surface area contributed by atoms with Gasteiger partial charge in [-0.1, -0.05) is 23.7 Å². The molecule has 0 saturated heterocycles. The first-order chi connectivity index (χ1) is 11.5. The molecule has 0 atom stereocenters. The molecule has 1 aromatic carbocycles. The van der Waals surface area contributed by atoms with Crippen LogP contribution in [0.2, 0.25) is 5.02 Å². The Kier molecular flexibility index (Phi) is 3.76. The lowest BCUT2D eigenvalue weighted by Gasteiger charge is -2.08. The Morgan fingerprint density at radius 2 is 2.08 bits per heavy atom. The number of pyridine rings is 1. The lowest BCUT2D eigenvalue weighted by molar-refractivity contribution is 0.153. The third kappa shape index (κ3) is 2.77. The fourth-order valence-corrected chi connectivity index (χ4v) is 3.30. The van der Waals surface area contributed by atoms with Crippen molar-refractivity contribution in [3.05, 3.63) is 57.9 Å². The van der Waals surface area contributed by atoms with Crippen LogP contribution >= 0.6 is 11.6 Å². The fraction of sp³-hybridized carbons (Fsp3) is 0.333. The summed E-state index contributed by atoms with van der Waals surface area (Å²) in [5.41, 5.74) is 2.87. The van der Waals surface area contributed by atoms with Crippen LogP contribution < -0.4 is 0 Å². The Hall–Kier alpha value is -2.01. The molecule has 24 heavy (non-hydrogen) atoms. The number of hydrogen-bond acceptors (Lipinski definition) is 2. The SMILES string of the molecule is Cc1nn(Cc2cccc(Cl)c2)c2nc(C3CC3)cc(C(F)F)c12. The van der Waals surface area contributed by atoms with Crippen LogP contribution in [0.25, 0.3) is 11.0 Å². The molecule has 0 radical (unpaired) electrons. The van der Waals surface area contributed by atoms with E-state index in [2.05, 4.69) is 10.1 Å². The maximum absolute atomic E-state index is 13.5. The van der Waals surface area contributed by atoms with E-state index in [9.17, 15) is 8.78 Å². The van der Waals surface area contributed by atoms with Gasteiger partial charge in [0.05, 0.1) is 17.6 Å². The summed E-state index contributed by atoms with van der Waals surface area (Å²) in [4.78, 5) is 4.65. The molecule has 1 aliphatic rings. The molecule has 1 fully saturated rings. The van der Waals surface area contributed by atoms with Gasteiger partial charge in [-0.25, -0.2) is 18.4 Å². The molecule has 0 N–H and O–H groups in total. The Morgan fingerprint density at radius 1 is 1.29 bits per heavy atom. The summed E-state index contributed by atoms with van der Waals surface area (Å²) in [6.07, 6.45) is -0.499. The first kappa shape index (κ1) is 15.5. The van der Waals surface area contributed by atoms with Gasteiger partial charge in [0.1, 0.15) is 0 Å². The molecule has 3 nitrogen and oxygen atoms in total. The number of nitrogens with zero attached hydrogens (tertiary/aromatic N) is 3. The zero-order chi connectivity index (χ0) is 16.8. The highest BCUT2D eigenvalue weighted by Crippen LogP contribution is 2.42. The molecular formula is C18H16ClF2N3. The van der Waals surface area contributed by atoms with Crippen molar-refractivity contribution in [3.8, 4) is 0 Å². The summed E-state index contributed by atoms with van der Waals surface area (Å²) in [5.74, 6) is 0.307. The second-order valence-electron chi connectivity index (χ2n) is 6.28. The van der Waals surface area contributed by atoms with Gasteiger partial charge >= 0.3 is 0 Å². The molecule has 6 heteroatoms. The van der Waals surface area contributed by atoms with Crippen LogP contribution in [0.4, 0.5) is 8.78 Å². The van der Waals surface area contributed by atoms with Crippen LogP contribution in [-0.2, 0) is 6.54 Å². The average molecular weight is 348 g/mol. The summed E-state index contributed by atoms with van der Waals surface area (Å²) in [5, 5.41) is 5.56. The summed E-state index contributed by atoms with van der Waals surface area (Å²) in [7, 11) is 0. The van der Waals surface area contributed by atoms with E-state index in [1.54, 1.807) is 23.7 Å². The molecular weight excluding hydrogens is 332 g/mol. The Labute approximate surface area is 143 Å². The van der Waals surface area contributed by atoms with Crippen LogP contribution in [0.3, 0.4) is 0 Å². The molecule has 1 aliphatic carbocycles. The number of benzene rings is 1. The zero-order valence-electron chi connectivity index (χ0n) is 13.1. The second kappa shape index (κ2) is 5.81. The average Bonchev–Trinajstić information content (AvgIpc) is 3.33. The predicted molar refractivity (Wildman–Crippen MR) is 89.8 cm³/mol. The van der Waals surface area contributed by atoms with Gasteiger partial charge in [0, 0.05) is 22.2 Å². The van der Waals surface area contributed by atoms with Crippen LogP contribution in [0.15, 0.2) is 30.3 Å². The van der Waals surface area contributed by atoms with Gasteiger partial charge in [0.25, 0.3) is 6.43 Å². The fourth-order valence-electron chi connectivity index (χ4n) is 3.09. The molecule has 4 rings (SSSR count). The minimum Gasteiger partial charge on any atom is -0.243 e. The van der Waals surface area contributed by atoms with E-state index in [0.717, 1.165) is 24.1 Å². The second-order valence-corrected chi connectivity index (χ2v) is 6.72. The largest absolute Gasteiger partial charge is 0.264 e. The number of alkyl halides is 2. The standard InChI is InChI=1S/C18H16ClF2N3/c1-10-16-14(17(20)21)8-15(12-5-6-12)22-18(16)24(23-10)9-11-3-2-4-13(19)7-11/h2-4,7-8,12,17H,5-6,9H2,1H3. The topological polar surface area (TPSA) is 30.7 Å². The van der Waals surface area contributed by atoms with E-state index in [1.165, 1.54) is 0 Å². The van der Waals surface area contributed by atoms with Crippen molar-refractivity contribution >= 4 is 22.6 Å². The van der Waals surface area contributed by atoms with Crippen LogP contribution in [-0.4, -0.2) is 14.8 Å². The third-order valence-corrected chi connectivity index (χ3v) is 4.61. The van der Waals surface area contributed by atoms with E-state index in [1.807, 2.05) is 18.2 Å². The van der Waals surface area contributed by atoms with Crippen molar-refractivity contribution in [3.63, 3.8) is 0 Å². The first-order valence-corrected chi connectivity index (χ1v) is 8.31. The summed E-state index contributed by atoms with van der Waals surface area (Å²) >= 11 is 6.03. The molecule has 3 aromatic rings. The number of rotatable bonds is 4. The Balaban J connectivity index is 1.86. The highest BCUT2D eigenvalue weighted by molar-refractivity contribution is 6.30. The first-order valence-electron chi connectivity index (χ1n) is 7.93. The summed E-state index contributed by atoms with van der Waals surface area (Å²) in [6, 6.07) is 9.01. The minimum absolute atomic E-state index is 0.0387. The maximum Gasteiger partial charge on any atom is 0.264 e. The smallest absolute Gasteiger partial charge is 0.243 e. The minimum atomic E-state index is -2.53. The Bertz CT molecular complexity index is 916. The molecule has 2 heterocycles. The number of aromatic nitrogens is 3. The van der Waals surface area contributed by atoms with Crippen LogP contribution in [0.5, 0.6) is 0 Å². The van der Waals surface area contributed by atoms with Crippen molar-refractivity contribution in [1.82, 2.24) is 14.8 Å². The van der Waals surface area contributed by atoms with Gasteiger partial charge in [-0.2, -0.15) is 5.10 Å². The van der Waals surface area contributed by atoms with Crippen LogP contribution in [0.1, 0.15) is 47.7 Å². The summed E-state index contributed by atoms with van der Waals surface area (Å²) in [6.45, 7) is 2.20. The van der Waals surface area contributed by atoms with Gasteiger partial charge in [0.15, 0.2) is 5.65 Å². The normalized spacial score (nSPS) is 14.7. The van der Waals surface area contributed by atoms with Gasteiger partial charge in [-0.15, -0.1) is 0 Å². The molecule has 0 spiro atoms. The molecule has 2 aromatic heterocycles. The molecule has 0 aliphatic heterocycles. The van der Waals surface area contributed by atoms with Crippen molar-refractivity contribution < 1.29 is 8.78 Å². The molecule has 1 saturated carbocycles. The Morgan fingerprint density at radius 3 is 2.75 bits per heavy atom. The molecule has 0 bridgehead atoms. The van der Waals surface area contributed by atoms with Crippen molar-refractivity contribution in [1.29, 1.82) is 0 Å². The molecule has 124 valence electrons. The highest BCUT2D eigenvalue weighted by atomic mass is 35.5. The van der Waals surface area contributed by atoms with Crippen LogP contribution in [0, 0.1) is 6.92 Å². The molecule has 0 amide bonds. The molecule has 0 unspecified atom stereocenters. The lowest BCUT2D eigenvalue weighted by atomic mass is 10.1. The highest BCUT2D eigenvalue weighted by Gasteiger charge is 2.29. The maximum atomic E-state index is 13.5. The van der Waals surface area contributed by atoms with E-state index in [-0.39, 0.29) is 5.56 Å². The monoisotopic (exact) mass is 347 g/mol. The van der Waals surface area contributed by atoms with E-state index >= 15 is 0 Å². The van der Waals surface area contributed by atoms with Gasteiger partial charge in [0.2, 0.25) is 0 Å².